The van der Waals surface area contributed by atoms with Gasteiger partial charge in [-0.2, -0.15) is 0 Å². The average molecular weight is 359 g/mol. The molecule has 0 aliphatic carbocycles. The first-order valence-electron chi connectivity index (χ1n) is 7.59. The summed E-state index contributed by atoms with van der Waals surface area (Å²) in [6.07, 6.45) is 1.13. The van der Waals surface area contributed by atoms with Gasteiger partial charge in [-0.3, -0.25) is 4.79 Å². The van der Waals surface area contributed by atoms with E-state index in [-0.39, 0.29) is 24.4 Å². The van der Waals surface area contributed by atoms with E-state index in [9.17, 15) is 4.79 Å². The maximum atomic E-state index is 12.3. The van der Waals surface area contributed by atoms with Crippen LogP contribution in [0.15, 0.2) is 24.3 Å². The second-order valence-corrected chi connectivity index (χ2v) is 8.47. The zero-order chi connectivity index (χ0) is 14.7. The number of halogens is 1. The molecule has 0 aromatic heterocycles. The quantitative estimate of drug-likeness (QED) is 0.869. The highest BCUT2D eigenvalue weighted by Gasteiger charge is 2.23. The van der Waals surface area contributed by atoms with Gasteiger partial charge in [0, 0.05) is 29.7 Å². The summed E-state index contributed by atoms with van der Waals surface area (Å²) in [6, 6.07) is 8.38. The first-order chi connectivity index (χ1) is 10.2. The second-order valence-electron chi connectivity index (χ2n) is 5.75. The average Bonchev–Trinajstić information content (AvgIpc) is 3.04. The van der Waals surface area contributed by atoms with Crippen LogP contribution in [0, 0.1) is 5.92 Å². The zero-order valence-corrected chi connectivity index (χ0v) is 15.2. The van der Waals surface area contributed by atoms with Crippen LogP contribution in [-0.4, -0.2) is 36.5 Å². The molecule has 2 heterocycles. The molecule has 2 N–H and O–H groups in total. The molecule has 0 bridgehead atoms. The number of benzene rings is 1. The van der Waals surface area contributed by atoms with Crippen LogP contribution in [0.2, 0.25) is 0 Å². The van der Waals surface area contributed by atoms with Gasteiger partial charge in [-0.15, -0.1) is 35.9 Å². The van der Waals surface area contributed by atoms with E-state index in [1.807, 2.05) is 35.7 Å². The van der Waals surface area contributed by atoms with E-state index >= 15 is 0 Å². The van der Waals surface area contributed by atoms with E-state index in [2.05, 4.69) is 29.7 Å². The van der Waals surface area contributed by atoms with Gasteiger partial charge in [-0.1, -0.05) is 19.1 Å². The lowest BCUT2D eigenvalue weighted by atomic mass is 9.94. The number of thioether (sulfide) groups is 2. The van der Waals surface area contributed by atoms with Gasteiger partial charge in [-0.05, 0) is 36.6 Å². The Hall–Kier alpha value is -0.360. The fourth-order valence-electron chi connectivity index (χ4n) is 2.78. The molecule has 1 aromatic rings. The fraction of sp³-hybridized carbons (Fsp3) is 0.562. The monoisotopic (exact) mass is 358 g/mol. The number of carbonyl (C=O) groups excluding carboxylic acids is 1. The molecular weight excluding hydrogens is 336 g/mol. The number of nitrogens with one attached hydrogen (secondary N) is 2. The van der Waals surface area contributed by atoms with Crippen molar-refractivity contribution in [2.24, 2.45) is 5.92 Å². The molecule has 2 atom stereocenters. The molecule has 2 fully saturated rings. The van der Waals surface area contributed by atoms with Crippen molar-refractivity contribution in [3.63, 3.8) is 0 Å². The molecule has 2 aliphatic rings. The zero-order valence-electron chi connectivity index (χ0n) is 12.7. The summed E-state index contributed by atoms with van der Waals surface area (Å²) in [6.45, 7) is 4.14. The Morgan fingerprint density at radius 2 is 1.91 bits per heavy atom. The van der Waals surface area contributed by atoms with Gasteiger partial charge in [0.15, 0.2) is 0 Å². The van der Waals surface area contributed by atoms with Crippen LogP contribution in [0.5, 0.6) is 0 Å². The molecule has 22 heavy (non-hydrogen) atoms. The largest absolute Gasteiger partial charge is 0.348 e. The van der Waals surface area contributed by atoms with Gasteiger partial charge in [-0.25, -0.2) is 0 Å². The van der Waals surface area contributed by atoms with Crippen LogP contribution >= 0.6 is 35.9 Å². The summed E-state index contributed by atoms with van der Waals surface area (Å²) >= 11 is 3.99. The molecule has 0 radical (unpaired) electrons. The van der Waals surface area contributed by atoms with Crippen molar-refractivity contribution >= 4 is 41.8 Å². The Morgan fingerprint density at radius 3 is 2.55 bits per heavy atom. The van der Waals surface area contributed by atoms with Crippen molar-refractivity contribution in [1.29, 1.82) is 0 Å². The predicted octanol–water partition coefficient (Wildman–Crippen LogP) is 3.31. The van der Waals surface area contributed by atoms with Crippen molar-refractivity contribution in [2.75, 3.05) is 24.6 Å². The summed E-state index contributed by atoms with van der Waals surface area (Å²) in [7, 11) is 0. The van der Waals surface area contributed by atoms with E-state index in [0.29, 0.717) is 10.5 Å². The molecule has 0 saturated carbocycles. The summed E-state index contributed by atoms with van der Waals surface area (Å²) in [4.78, 5) is 12.3. The van der Waals surface area contributed by atoms with E-state index in [1.165, 1.54) is 17.1 Å². The van der Waals surface area contributed by atoms with Crippen molar-refractivity contribution in [1.82, 2.24) is 10.6 Å². The number of rotatable bonds is 3. The summed E-state index contributed by atoms with van der Waals surface area (Å²) in [5, 5.41) is 6.51. The number of carbonyl (C=O) groups is 1. The first-order valence-corrected chi connectivity index (χ1v) is 9.68. The number of hydrogen-bond acceptors (Lipinski definition) is 4. The van der Waals surface area contributed by atoms with E-state index in [0.717, 1.165) is 25.1 Å². The fourth-order valence-corrected chi connectivity index (χ4v) is 5.64. The molecule has 3 nitrogen and oxygen atoms in total. The van der Waals surface area contributed by atoms with Crippen molar-refractivity contribution in [3.8, 4) is 0 Å². The van der Waals surface area contributed by atoms with Crippen LogP contribution < -0.4 is 10.6 Å². The normalized spacial score (nSPS) is 25.5. The van der Waals surface area contributed by atoms with Gasteiger partial charge < -0.3 is 10.6 Å². The standard InChI is InChI=1S/C16H22N2OS2.ClH/c1-11-6-7-17-10-14(11)18-15(19)12-2-4-13(5-3-12)16-20-8-9-21-16;/h2-5,11,14,16-17H,6-10H2,1H3,(H,18,19);1H. The van der Waals surface area contributed by atoms with Crippen molar-refractivity contribution in [3.05, 3.63) is 35.4 Å². The minimum atomic E-state index is 0. The highest BCUT2D eigenvalue weighted by molar-refractivity contribution is 8.19. The van der Waals surface area contributed by atoms with Crippen molar-refractivity contribution in [2.45, 2.75) is 24.0 Å². The lowest BCUT2D eigenvalue weighted by Gasteiger charge is -2.30. The summed E-state index contributed by atoms with van der Waals surface area (Å²) in [5.74, 6) is 3.04. The Morgan fingerprint density at radius 1 is 1.23 bits per heavy atom. The van der Waals surface area contributed by atoms with E-state index < -0.39 is 0 Å². The maximum Gasteiger partial charge on any atom is 0.251 e. The Balaban J connectivity index is 0.00000176. The Bertz CT molecular complexity index is 491. The molecule has 122 valence electrons. The maximum absolute atomic E-state index is 12.3. The molecule has 1 aromatic carbocycles. The molecule has 6 heteroatoms. The van der Waals surface area contributed by atoms with Crippen LogP contribution in [-0.2, 0) is 0 Å². The highest BCUT2D eigenvalue weighted by Crippen LogP contribution is 2.45. The molecule has 1 amide bonds. The highest BCUT2D eigenvalue weighted by atomic mass is 35.5. The topological polar surface area (TPSA) is 41.1 Å². The summed E-state index contributed by atoms with van der Waals surface area (Å²) in [5.41, 5.74) is 2.09. The third kappa shape index (κ3) is 4.34. The van der Waals surface area contributed by atoms with E-state index in [1.54, 1.807) is 0 Å². The smallest absolute Gasteiger partial charge is 0.251 e. The number of hydrogen-bond donors (Lipinski definition) is 2. The second kappa shape index (κ2) is 8.48. The van der Waals surface area contributed by atoms with Crippen LogP contribution in [0.4, 0.5) is 0 Å². The first kappa shape index (κ1) is 18.0. The molecule has 0 spiro atoms. The molecular formula is C16H23ClN2OS2. The van der Waals surface area contributed by atoms with Gasteiger partial charge >= 0.3 is 0 Å². The molecule has 2 aliphatic heterocycles. The molecule has 2 unspecified atom stereocenters. The Kier molecular flexibility index (Phi) is 6.93. The van der Waals surface area contributed by atoms with Gasteiger partial charge in [0.25, 0.3) is 5.91 Å². The predicted molar refractivity (Wildman–Crippen MR) is 99.3 cm³/mol. The number of amides is 1. The van der Waals surface area contributed by atoms with Crippen LogP contribution in [0.25, 0.3) is 0 Å². The van der Waals surface area contributed by atoms with Crippen LogP contribution in [0.1, 0.15) is 33.8 Å². The van der Waals surface area contributed by atoms with Crippen molar-refractivity contribution < 1.29 is 4.79 Å². The van der Waals surface area contributed by atoms with Gasteiger partial charge in [0.05, 0.1) is 4.58 Å². The Labute approximate surface area is 147 Å². The minimum absolute atomic E-state index is 0. The lowest BCUT2D eigenvalue weighted by molar-refractivity contribution is 0.0915. The SMILES string of the molecule is CC1CCNCC1NC(=O)c1ccc(C2SCCS2)cc1.Cl. The molecule has 3 rings (SSSR count). The van der Waals surface area contributed by atoms with E-state index in [4.69, 9.17) is 0 Å². The van der Waals surface area contributed by atoms with Gasteiger partial charge in [0.2, 0.25) is 0 Å². The summed E-state index contributed by atoms with van der Waals surface area (Å²) < 4.78 is 0.546. The third-order valence-electron chi connectivity index (χ3n) is 4.21. The number of piperidine rings is 1. The molecule has 2 saturated heterocycles. The van der Waals surface area contributed by atoms with Gasteiger partial charge in [0.1, 0.15) is 0 Å². The third-order valence-corrected chi connectivity index (χ3v) is 7.32. The van der Waals surface area contributed by atoms with Crippen LogP contribution in [0.3, 0.4) is 0 Å². The lowest BCUT2D eigenvalue weighted by Crippen LogP contribution is -2.50. The minimum Gasteiger partial charge on any atom is -0.348 e.